The summed E-state index contributed by atoms with van der Waals surface area (Å²) in [4.78, 5) is 0. The molecule has 1 N–H and O–H groups in total. The van der Waals surface area contributed by atoms with E-state index in [-0.39, 0.29) is 5.82 Å². The second-order valence-electron chi connectivity index (χ2n) is 5.16. The summed E-state index contributed by atoms with van der Waals surface area (Å²) in [5.74, 6) is 1.20. The van der Waals surface area contributed by atoms with Gasteiger partial charge in [0.25, 0.3) is 0 Å². The highest BCUT2D eigenvalue weighted by atomic mass is 127. The third-order valence-electron chi connectivity index (χ3n) is 3.82. The van der Waals surface area contributed by atoms with Gasteiger partial charge in [0, 0.05) is 6.04 Å². The van der Waals surface area contributed by atoms with Crippen LogP contribution >= 0.6 is 22.6 Å². The molecule has 0 heterocycles. The number of anilines is 1. The van der Waals surface area contributed by atoms with Gasteiger partial charge in [-0.3, -0.25) is 0 Å². The van der Waals surface area contributed by atoms with E-state index in [1.165, 1.54) is 25.3 Å². The molecule has 0 radical (unpaired) electrons. The molecular formula is C14H19FIN. The molecule has 0 spiro atoms. The van der Waals surface area contributed by atoms with Gasteiger partial charge < -0.3 is 5.32 Å². The Morgan fingerprint density at radius 2 is 1.88 bits per heavy atom. The van der Waals surface area contributed by atoms with E-state index in [9.17, 15) is 4.39 Å². The van der Waals surface area contributed by atoms with E-state index in [2.05, 4.69) is 41.8 Å². The zero-order valence-electron chi connectivity index (χ0n) is 10.3. The van der Waals surface area contributed by atoms with Gasteiger partial charge in [0.15, 0.2) is 0 Å². The van der Waals surface area contributed by atoms with Crippen molar-refractivity contribution in [2.24, 2.45) is 11.8 Å². The molecule has 1 aliphatic carbocycles. The average Bonchev–Trinajstić information content (AvgIpc) is 2.29. The van der Waals surface area contributed by atoms with Gasteiger partial charge in [0.2, 0.25) is 0 Å². The summed E-state index contributed by atoms with van der Waals surface area (Å²) >= 11 is 2.08. The first-order valence-corrected chi connectivity index (χ1v) is 7.38. The van der Waals surface area contributed by atoms with Crippen molar-refractivity contribution in [3.63, 3.8) is 0 Å². The molecule has 0 aromatic heterocycles. The number of hydrogen-bond donors (Lipinski definition) is 1. The van der Waals surface area contributed by atoms with E-state index < -0.39 is 0 Å². The molecule has 17 heavy (non-hydrogen) atoms. The fourth-order valence-corrected chi connectivity index (χ4v) is 3.28. The SMILES string of the molecule is CC1CCCC(C)C1Nc1cccc(F)c1I. The molecule has 2 atom stereocenters. The zero-order chi connectivity index (χ0) is 12.4. The van der Waals surface area contributed by atoms with Crippen molar-refractivity contribution in [2.45, 2.75) is 39.2 Å². The zero-order valence-corrected chi connectivity index (χ0v) is 12.5. The molecular weight excluding hydrogens is 328 g/mol. The second kappa shape index (κ2) is 5.55. The first-order valence-electron chi connectivity index (χ1n) is 6.30. The molecule has 1 saturated carbocycles. The number of halogens is 2. The maximum absolute atomic E-state index is 13.5. The molecule has 1 aliphatic rings. The van der Waals surface area contributed by atoms with Gasteiger partial charge in [-0.15, -0.1) is 0 Å². The largest absolute Gasteiger partial charge is 0.381 e. The van der Waals surface area contributed by atoms with Gasteiger partial charge in [-0.1, -0.05) is 26.3 Å². The molecule has 0 saturated heterocycles. The van der Waals surface area contributed by atoms with Crippen molar-refractivity contribution >= 4 is 28.3 Å². The summed E-state index contributed by atoms with van der Waals surface area (Å²) in [5.41, 5.74) is 0.941. The van der Waals surface area contributed by atoms with E-state index in [0.29, 0.717) is 21.4 Å². The predicted octanol–water partition coefficient (Wildman–Crippen LogP) is 4.67. The Bertz CT molecular complexity index is 384. The summed E-state index contributed by atoms with van der Waals surface area (Å²) in [5, 5.41) is 3.54. The molecule has 1 nitrogen and oxygen atoms in total. The minimum atomic E-state index is -0.133. The van der Waals surface area contributed by atoms with Crippen molar-refractivity contribution in [1.82, 2.24) is 0 Å². The van der Waals surface area contributed by atoms with Crippen LogP contribution in [0.4, 0.5) is 10.1 Å². The molecule has 1 fully saturated rings. The van der Waals surface area contributed by atoms with Crippen molar-refractivity contribution in [2.75, 3.05) is 5.32 Å². The topological polar surface area (TPSA) is 12.0 Å². The van der Waals surface area contributed by atoms with E-state index in [0.717, 1.165) is 5.69 Å². The highest BCUT2D eigenvalue weighted by Gasteiger charge is 2.27. The lowest BCUT2D eigenvalue weighted by Crippen LogP contribution is -2.37. The van der Waals surface area contributed by atoms with Gasteiger partial charge in [-0.25, -0.2) is 4.39 Å². The molecule has 0 aliphatic heterocycles. The minimum absolute atomic E-state index is 0.133. The summed E-state index contributed by atoms with van der Waals surface area (Å²) in [6, 6.07) is 5.73. The highest BCUT2D eigenvalue weighted by molar-refractivity contribution is 14.1. The third kappa shape index (κ3) is 2.92. The molecule has 2 unspecified atom stereocenters. The summed E-state index contributed by atoms with van der Waals surface area (Å²) in [6.07, 6.45) is 3.86. The van der Waals surface area contributed by atoms with Crippen molar-refractivity contribution in [1.29, 1.82) is 0 Å². The van der Waals surface area contributed by atoms with Crippen LogP contribution in [0.3, 0.4) is 0 Å². The third-order valence-corrected chi connectivity index (χ3v) is 4.92. The van der Waals surface area contributed by atoms with Crippen LogP contribution in [0.5, 0.6) is 0 Å². The Morgan fingerprint density at radius 3 is 2.53 bits per heavy atom. The normalized spacial score (nSPS) is 29.1. The quantitative estimate of drug-likeness (QED) is 0.767. The number of rotatable bonds is 2. The van der Waals surface area contributed by atoms with Crippen LogP contribution in [0, 0.1) is 21.2 Å². The average molecular weight is 347 g/mol. The van der Waals surface area contributed by atoms with Crippen LogP contribution in [-0.4, -0.2) is 6.04 Å². The Hall–Kier alpha value is -0.320. The Kier molecular flexibility index (Phi) is 4.28. The fraction of sp³-hybridized carbons (Fsp3) is 0.571. The monoisotopic (exact) mass is 347 g/mol. The number of hydrogen-bond acceptors (Lipinski definition) is 1. The summed E-state index contributed by atoms with van der Waals surface area (Å²) < 4.78 is 14.2. The van der Waals surface area contributed by atoms with Crippen LogP contribution in [0.2, 0.25) is 0 Å². The maximum Gasteiger partial charge on any atom is 0.138 e. The lowest BCUT2D eigenvalue weighted by molar-refractivity contribution is 0.268. The van der Waals surface area contributed by atoms with Gasteiger partial charge in [0.05, 0.1) is 9.26 Å². The molecule has 3 heteroatoms. The molecule has 0 bridgehead atoms. The second-order valence-corrected chi connectivity index (χ2v) is 6.24. The van der Waals surface area contributed by atoms with Crippen LogP contribution in [-0.2, 0) is 0 Å². The van der Waals surface area contributed by atoms with Gasteiger partial charge in [0.1, 0.15) is 5.82 Å². The Balaban J connectivity index is 2.16. The van der Waals surface area contributed by atoms with Crippen LogP contribution < -0.4 is 5.32 Å². The van der Waals surface area contributed by atoms with Crippen LogP contribution in [0.15, 0.2) is 18.2 Å². The lowest BCUT2D eigenvalue weighted by atomic mass is 9.78. The highest BCUT2D eigenvalue weighted by Crippen LogP contribution is 2.32. The molecule has 94 valence electrons. The smallest absolute Gasteiger partial charge is 0.138 e. The number of nitrogens with one attached hydrogen (secondary N) is 1. The van der Waals surface area contributed by atoms with E-state index in [1.807, 2.05) is 6.07 Å². The van der Waals surface area contributed by atoms with Crippen LogP contribution in [0.1, 0.15) is 33.1 Å². The predicted molar refractivity (Wildman–Crippen MR) is 78.7 cm³/mol. The van der Waals surface area contributed by atoms with Gasteiger partial charge in [-0.2, -0.15) is 0 Å². The lowest BCUT2D eigenvalue weighted by Gasteiger charge is -2.36. The number of benzene rings is 1. The summed E-state index contributed by atoms with van der Waals surface area (Å²) in [7, 11) is 0. The Morgan fingerprint density at radius 1 is 1.24 bits per heavy atom. The Labute approximate surface area is 116 Å². The maximum atomic E-state index is 13.5. The van der Waals surface area contributed by atoms with Gasteiger partial charge in [-0.05, 0) is 59.4 Å². The first kappa shape index (κ1) is 13.1. The molecule has 1 aromatic rings. The summed E-state index contributed by atoms with van der Waals surface area (Å²) in [6.45, 7) is 4.58. The first-order chi connectivity index (χ1) is 8.09. The molecule has 1 aromatic carbocycles. The fourth-order valence-electron chi connectivity index (χ4n) is 2.76. The van der Waals surface area contributed by atoms with E-state index >= 15 is 0 Å². The molecule has 2 rings (SSSR count). The van der Waals surface area contributed by atoms with Gasteiger partial charge >= 0.3 is 0 Å². The van der Waals surface area contributed by atoms with E-state index in [1.54, 1.807) is 6.07 Å². The van der Waals surface area contributed by atoms with Crippen LogP contribution in [0.25, 0.3) is 0 Å². The minimum Gasteiger partial charge on any atom is -0.381 e. The van der Waals surface area contributed by atoms with Crippen molar-refractivity contribution < 1.29 is 4.39 Å². The van der Waals surface area contributed by atoms with Crippen molar-refractivity contribution in [3.05, 3.63) is 27.6 Å². The van der Waals surface area contributed by atoms with Crippen molar-refractivity contribution in [3.8, 4) is 0 Å². The standard InChI is InChI=1S/C14H19FIN/c1-9-5-3-6-10(2)14(9)17-12-8-4-7-11(15)13(12)16/h4,7-10,14,17H,3,5-6H2,1-2H3. The van der Waals surface area contributed by atoms with E-state index in [4.69, 9.17) is 0 Å². The molecule has 0 amide bonds.